The van der Waals surface area contributed by atoms with Crippen molar-refractivity contribution in [1.29, 1.82) is 0 Å². The molecule has 1 rings (SSSR count). The van der Waals surface area contributed by atoms with E-state index < -0.39 is 0 Å². The van der Waals surface area contributed by atoms with Gasteiger partial charge in [-0.05, 0) is 37.1 Å². The van der Waals surface area contributed by atoms with Gasteiger partial charge in [-0.15, -0.1) is 11.3 Å². The van der Waals surface area contributed by atoms with Crippen LogP contribution in [0.3, 0.4) is 0 Å². The summed E-state index contributed by atoms with van der Waals surface area (Å²) >= 11 is 1.75. The van der Waals surface area contributed by atoms with Gasteiger partial charge in [0, 0.05) is 18.0 Å². The van der Waals surface area contributed by atoms with Gasteiger partial charge < -0.3 is 10.6 Å². The molecule has 0 spiro atoms. The van der Waals surface area contributed by atoms with E-state index in [1.807, 2.05) is 0 Å². The molecule has 0 saturated heterocycles. The Morgan fingerprint density at radius 1 is 1.39 bits per heavy atom. The topological polar surface area (TPSA) is 36.4 Å². The predicted octanol–water partition coefficient (Wildman–Crippen LogP) is 3.24. The highest BCUT2D eigenvalue weighted by molar-refractivity contribution is 7.09. The zero-order valence-electron chi connectivity index (χ0n) is 11.7. The monoisotopic (exact) mass is 267 g/mol. The van der Waals surface area contributed by atoms with Crippen LogP contribution in [0.25, 0.3) is 0 Å². The molecule has 2 N–H and O–H groups in total. The van der Waals surface area contributed by atoms with Crippen molar-refractivity contribution < 1.29 is 0 Å². The molecule has 0 radical (unpaired) electrons. The highest BCUT2D eigenvalue weighted by Crippen LogP contribution is 2.09. The average molecular weight is 267 g/mol. The second kappa shape index (κ2) is 8.97. The molecule has 0 aliphatic rings. The van der Waals surface area contributed by atoms with Crippen LogP contribution in [0.1, 0.15) is 38.5 Å². The Morgan fingerprint density at radius 2 is 2.22 bits per heavy atom. The first kappa shape index (κ1) is 15.0. The minimum atomic E-state index is 0.761. The number of guanidine groups is 1. The van der Waals surface area contributed by atoms with Gasteiger partial charge in [-0.25, -0.2) is 4.99 Å². The summed E-state index contributed by atoms with van der Waals surface area (Å²) in [6.45, 7) is 9.27. The predicted molar refractivity (Wildman–Crippen MR) is 81.2 cm³/mol. The second-order valence-corrected chi connectivity index (χ2v) is 5.77. The van der Waals surface area contributed by atoms with Gasteiger partial charge >= 0.3 is 0 Å². The van der Waals surface area contributed by atoms with Crippen LogP contribution in [-0.2, 0) is 6.54 Å². The number of nitrogens with zero attached hydrogens (tertiary/aromatic N) is 1. The first-order valence-electron chi connectivity index (χ1n) is 6.77. The van der Waals surface area contributed by atoms with Crippen LogP contribution in [0, 0.1) is 5.92 Å². The number of aliphatic imine (C=N–C) groups is 1. The van der Waals surface area contributed by atoms with Crippen LogP contribution in [0.2, 0.25) is 0 Å². The summed E-state index contributed by atoms with van der Waals surface area (Å²) < 4.78 is 0. The van der Waals surface area contributed by atoms with E-state index in [4.69, 9.17) is 0 Å². The van der Waals surface area contributed by atoms with Crippen molar-refractivity contribution in [3.8, 4) is 0 Å². The molecule has 0 bridgehead atoms. The van der Waals surface area contributed by atoms with Crippen molar-refractivity contribution >= 4 is 17.3 Å². The summed E-state index contributed by atoms with van der Waals surface area (Å²) in [6, 6.07) is 4.19. The van der Waals surface area contributed by atoms with E-state index in [0.29, 0.717) is 0 Å². The van der Waals surface area contributed by atoms with E-state index in [2.05, 4.69) is 53.9 Å². The van der Waals surface area contributed by atoms with Crippen molar-refractivity contribution in [3.63, 3.8) is 0 Å². The third kappa shape index (κ3) is 6.64. The largest absolute Gasteiger partial charge is 0.357 e. The average Bonchev–Trinajstić information content (AvgIpc) is 2.84. The van der Waals surface area contributed by atoms with Gasteiger partial charge in [0.05, 0.1) is 6.54 Å². The van der Waals surface area contributed by atoms with Gasteiger partial charge in [-0.2, -0.15) is 0 Å². The molecule has 1 heterocycles. The number of hydrogen-bond acceptors (Lipinski definition) is 2. The third-order valence-corrected chi connectivity index (χ3v) is 3.43. The lowest BCUT2D eigenvalue weighted by Crippen LogP contribution is -2.37. The Hall–Kier alpha value is -1.03. The standard InChI is InChI=1S/C14H25N3S/c1-4-15-14(16-9-5-7-12(2)3)17-11-13-8-6-10-18-13/h6,8,10,12H,4-5,7,9,11H2,1-3H3,(H2,15,16,17). The fourth-order valence-corrected chi connectivity index (χ4v) is 2.25. The first-order chi connectivity index (χ1) is 8.72. The Labute approximate surface area is 115 Å². The molecule has 0 unspecified atom stereocenters. The number of thiophene rings is 1. The van der Waals surface area contributed by atoms with Crippen LogP contribution in [0.15, 0.2) is 22.5 Å². The first-order valence-corrected chi connectivity index (χ1v) is 7.65. The molecular weight excluding hydrogens is 242 g/mol. The van der Waals surface area contributed by atoms with Gasteiger partial charge in [0.25, 0.3) is 0 Å². The highest BCUT2D eigenvalue weighted by Gasteiger charge is 1.98. The van der Waals surface area contributed by atoms with Crippen LogP contribution >= 0.6 is 11.3 Å². The van der Waals surface area contributed by atoms with E-state index in [0.717, 1.165) is 31.5 Å². The highest BCUT2D eigenvalue weighted by atomic mass is 32.1. The van der Waals surface area contributed by atoms with E-state index in [9.17, 15) is 0 Å². The molecule has 0 amide bonds. The van der Waals surface area contributed by atoms with E-state index in [1.165, 1.54) is 17.7 Å². The smallest absolute Gasteiger partial charge is 0.191 e. The Bertz CT molecular complexity index is 331. The molecule has 0 atom stereocenters. The summed E-state index contributed by atoms with van der Waals surface area (Å²) in [6.07, 6.45) is 2.46. The van der Waals surface area contributed by atoms with Crippen LogP contribution in [0.4, 0.5) is 0 Å². The van der Waals surface area contributed by atoms with E-state index in [1.54, 1.807) is 11.3 Å². The maximum Gasteiger partial charge on any atom is 0.191 e. The fraction of sp³-hybridized carbons (Fsp3) is 0.643. The molecule has 0 saturated carbocycles. The summed E-state index contributed by atoms with van der Waals surface area (Å²) in [7, 11) is 0. The molecule has 0 fully saturated rings. The molecule has 0 aliphatic heterocycles. The van der Waals surface area contributed by atoms with Crippen LogP contribution in [-0.4, -0.2) is 19.0 Å². The molecular formula is C14H25N3S. The molecule has 0 aromatic carbocycles. The quantitative estimate of drug-likeness (QED) is 0.452. The molecule has 4 heteroatoms. The van der Waals surface area contributed by atoms with E-state index in [-0.39, 0.29) is 0 Å². The molecule has 3 nitrogen and oxygen atoms in total. The Balaban J connectivity index is 2.31. The molecule has 102 valence electrons. The lowest BCUT2D eigenvalue weighted by Gasteiger charge is -2.11. The maximum absolute atomic E-state index is 4.58. The van der Waals surface area contributed by atoms with Gasteiger partial charge in [0.15, 0.2) is 5.96 Å². The van der Waals surface area contributed by atoms with Crippen molar-refractivity contribution in [1.82, 2.24) is 10.6 Å². The summed E-state index contributed by atoms with van der Waals surface area (Å²) in [4.78, 5) is 5.88. The second-order valence-electron chi connectivity index (χ2n) is 4.74. The number of nitrogens with one attached hydrogen (secondary N) is 2. The molecule has 0 aliphatic carbocycles. The van der Waals surface area contributed by atoms with Crippen molar-refractivity contribution in [2.75, 3.05) is 13.1 Å². The minimum Gasteiger partial charge on any atom is -0.357 e. The Kier molecular flexibility index (Phi) is 7.49. The number of rotatable bonds is 7. The summed E-state index contributed by atoms with van der Waals surface area (Å²) in [5.41, 5.74) is 0. The van der Waals surface area contributed by atoms with Gasteiger partial charge in [-0.1, -0.05) is 19.9 Å². The third-order valence-electron chi connectivity index (χ3n) is 2.57. The van der Waals surface area contributed by atoms with Gasteiger partial charge in [0.1, 0.15) is 0 Å². The Morgan fingerprint density at radius 3 is 2.83 bits per heavy atom. The fourth-order valence-electron chi connectivity index (χ4n) is 1.62. The lowest BCUT2D eigenvalue weighted by atomic mass is 10.1. The normalized spacial score (nSPS) is 11.9. The SMILES string of the molecule is CCNC(=NCc1cccs1)NCCCC(C)C. The van der Waals surface area contributed by atoms with Gasteiger partial charge in [0.2, 0.25) is 0 Å². The molecule has 1 aromatic rings. The molecule has 18 heavy (non-hydrogen) atoms. The zero-order valence-corrected chi connectivity index (χ0v) is 12.5. The summed E-state index contributed by atoms with van der Waals surface area (Å²) in [5.74, 6) is 1.70. The maximum atomic E-state index is 4.58. The van der Waals surface area contributed by atoms with Crippen molar-refractivity contribution in [3.05, 3.63) is 22.4 Å². The number of hydrogen-bond donors (Lipinski definition) is 2. The van der Waals surface area contributed by atoms with Crippen molar-refractivity contribution in [2.45, 2.75) is 40.2 Å². The van der Waals surface area contributed by atoms with Crippen molar-refractivity contribution in [2.24, 2.45) is 10.9 Å². The van der Waals surface area contributed by atoms with Crippen LogP contribution < -0.4 is 10.6 Å². The zero-order chi connectivity index (χ0) is 13.2. The van der Waals surface area contributed by atoms with Gasteiger partial charge in [-0.3, -0.25) is 0 Å². The minimum absolute atomic E-state index is 0.761. The van der Waals surface area contributed by atoms with E-state index >= 15 is 0 Å². The lowest BCUT2D eigenvalue weighted by molar-refractivity contribution is 0.549. The molecule has 1 aromatic heterocycles. The summed E-state index contributed by atoms with van der Waals surface area (Å²) in [5, 5.41) is 8.75. The van der Waals surface area contributed by atoms with Crippen LogP contribution in [0.5, 0.6) is 0 Å².